The minimum absolute atomic E-state index is 0.0336. The van der Waals surface area contributed by atoms with Crippen molar-refractivity contribution in [1.29, 1.82) is 0 Å². The Morgan fingerprint density at radius 3 is 0.635 bits per heavy atom. The minimum Gasteiger partial charge on any atom is -0.466 e. The summed E-state index contributed by atoms with van der Waals surface area (Å²) in [5.41, 5.74) is 0. The molecule has 0 aromatic heterocycles. The second-order valence-corrected chi connectivity index (χ2v) is 17.2. The fraction of sp³-hybridized carbons (Fsp3) is 0.980. The molecule has 0 aliphatic heterocycles. The average molecular weight is 733 g/mol. The Kier molecular flexibility index (Phi) is 48.0. The normalized spacial score (nSPS) is 11.5. The predicted octanol–water partition coefficient (Wildman–Crippen LogP) is 18.5. The number of unbranched alkanes of at least 4 members (excludes halogenated alkanes) is 43. The van der Waals surface area contributed by atoms with Crippen molar-refractivity contribution in [1.82, 2.24) is 0 Å². The van der Waals surface area contributed by atoms with Crippen molar-refractivity contribution in [3.63, 3.8) is 0 Å². The number of hydrogen-bond donors (Lipinski definition) is 0. The molecule has 0 aromatic rings. The van der Waals surface area contributed by atoms with Crippen molar-refractivity contribution in [2.75, 3.05) is 6.61 Å². The smallest absolute Gasteiger partial charge is 0.305 e. The van der Waals surface area contributed by atoms with E-state index in [0.717, 1.165) is 12.8 Å². The van der Waals surface area contributed by atoms with Crippen molar-refractivity contribution < 1.29 is 9.53 Å². The molecular formula is C50H100O2. The molecule has 0 atom stereocenters. The Morgan fingerprint density at radius 1 is 0.250 bits per heavy atom. The first kappa shape index (κ1) is 51.5. The van der Waals surface area contributed by atoms with Crippen molar-refractivity contribution in [2.24, 2.45) is 0 Å². The molecule has 0 spiro atoms. The van der Waals surface area contributed by atoms with E-state index in [0.29, 0.717) is 13.0 Å². The molecule has 0 unspecified atom stereocenters. The van der Waals surface area contributed by atoms with Gasteiger partial charge in [-0.1, -0.05) is 290 Å². The zero-order chi connectivity index (χ0) is 37.5. The van der Waals surface area contributed by atoms with E-state index in [1.807, 2.05) is 0 Å². The molecule has 2 nitrogen and oxygen atoms in total. The molecule has 312 valence electrons. The first-order chi connectivity index (χ1) is 25.8. The van der Waals surface area contributed by atoms with Gasteiger partial charge < -0.3 is 4.74 Å². The predicted molar refractivity (Wildman–Crippen MR) is 235 cm³/mol. The number of carbonyl (C=O) groups excluding carboxylic acids is 1. The molecule has 52 heavy (non-hydrogen) atoms. The third-order valence-corrected chi connectivity index (χ3v) is 11.7. The molecule has 0 amide bonds. The maximum absolute atomic E-state index is 12.0. The van der Waals surface area contributed by atoms with Crippen LogP contribution in [0.3, 0.4) is 0 Å². The molecule has 0 N–H and O–H groups in total. The molecule has 0 bridgehead atoms. The molecule has 0 aliphatic carbocycles. The summed E-state index contributed by atoms with van der Waals surface area (Å²) in [6.45, 7) is 5.24. The van der Waals surface area contributed by atoms with Gasteiger partial charge in [0.15, 0.2) is 0 Å². The van der Waals surface area contributed by atoms with E-state index in [2.05, 4.69) is 13.8 Å². The van der Waals surface area contributed by atoms with Crippen molar-refractivity contribution >= 4 is 5.97 Å². The van der Waals surface area contributed by atoms with Crippen LogP contribution in [0.5, 0.6) is 0 Å². The van der Waals surface area contributed by atoms with Crippen molar-refractivity contribution in [2.45, 2.75) is 309 Å². The van der Waals surface area contributed by atoms with E-state index in [1.165, 1.54) is 276 Å². The topological polar surface area (TPSA) is 26.3 Å². The molecule has 0 saturated heterocycles. The highest BCUT2D eigenvalue weighted by Crippen LogP contribution is 2.17. The Bertz CT molecular complexity index is 630. The molecule has 2 heteroatoms. The first-order valence-electron chi connectivity index (χ1n) is 25.0. The Hall–Kier alpha value is -0.530. The lowest BCUT2D eigenvalue weighted by Gasteiger charge is -2.06. The summed E-state index contributed by atoms with van der Waals surface area (Å²) in [7, 11) is 0. The molecular weight excluding hydrogens is 633 g/mol. The summed E-state index contributed by atoms with van der Waals surface area (Å²) in [6, 6.07) is 0. The van der Waals surface area contributed by atoms with Crippen LogP contribution in [0.2, 0.25) is 0 Å². The number of hydrogen-bond acceptors (Lipinski definition) is 2. The van der Waals surface area contributed by atoms with Gasteiger partial charge in [-0.15, -0.1) is 0 Å². The molecule has 0 fully saturated rings. The van der Waals surface area contributed by atoms with Crippen LogP contribution in [-0.2, 0) is 9.53 Å². The van der Waals surface area contributed by atoms with Gasteiger partial charge in [-0.25, -0.2) is 0 Å². The zero-order valence-corrected chi connectivity index (χ0v) is 36.6. The Labute approximate surface area is 330 Å². The summed E-state index contributed by atoms with van der Waals surface area (Å²) in [4.78, 5) is 12.0. The molecule has 0 heterocycles. The van der Waals surface area contributed by atoms with Crippen LogP contribution < -0.4 is 0 Å². The highest BCUT2D eigenvalue weighted by molar-refractivity contribution is 5.69. The van der Waals surface area contributed by atoms with Gasteiger partial charge in [0.05, 0.1) is 6.61 Å². The summed E-state index contributed by atoms with van der Waals surface area (Å²) >= 11 is 0. The largest absolute Gasteiger partial charge is 0.466 e. The molecule has 0 rings (SSSR count). The molecule has 0 radical (unpaired) electrons. The SMILES string of the molecule is CCCCCCCCCCCCCCCCCCCCCCCCCCCCCCC(=O)OCCCCCCCCCCCCCCCCCCC. The quantitative estimate of drug-likeness (QED) is 0.0460. The van der Waals surface area contributed by atoms with Crippen molar-refractivity contribution in [3.05, 3.63) is 0 Å². The molecule has 0 aromatic carbocycles. The Balaban J connectivity index is 3.13. The van der Waals surface area contributed by atoms with Crippen LogP contribution >= 0.6 is 0 Å². The third-order valence-electron chi connectivity index (χ3n) is 11.7. The van der Waals surface area contributed by atoms with Gasteiger partial charge in [0.2, 0.25) is 0 Å². The maximum atomic E-state index is 12.0. The van der Waals surface area contributed by atoms with Gasteiger partial charge in [0.1, 0.15) is 0 Å². The van der Waals surface area contributed by atoms with E-state index in [-0.39, 0.29) is 5.97 Å². The van der Waals surface area contributed by atoms with Crippen LogP contribution in [0.25, 0.3) is 0 Å². The van der Waals surface area contributed by atoms with Crippen LogP contribution in [0.15, 0.2) is 0 Å². The number of rotatable bonds is 47. The monoisotopic (exact) mass is 733 g/mol. The maximum Gasteiger partial charge on any atom is 0.305 e. The lowest BCUT2D eigenvalue weighted by Crippen LogP contribution is -2.05. The Morgan fingerprint density at radius 2 is 0.423 bits per heavy atom. The molecule has 0 saturated carbocycles. The summed E-state index contributed by atoms with van der Waals surface area (Å²) in [6.07, 6.45) is 63.9. The standard InChI is InChI=1S/C50H100O2/c1-3-5-7-9-11-13-15-17-19-21-22-23-24-25-26-27-28-29-30-31-32-34-36-38-40-42-44-46-48-50(51)52-49-47-45-43-41-39-37-35-33-20-18-16-14-12-10-8-6-4-2/h3-49H2,1-2H3. The summed E-state index contributed by atoms with van der Waals surface area (Å²) in [5.74, 6) is 0.0336. The van der Waals surface area contributed by atoms with Gasteiger partial charge in [0, 0.05) is 6.42 Å². The van der Waals surface area contributed by atoms with Crippen LogP contribution in [0.1, 0.15) is 309 Å². The van der Waals surface area contributed by atoms with E-state index in [9.17, 15) is 4.79 Å². The average Bonchev–Trinajstić information content (AvgIpc) is 3.15. The zero-order valence-electron chi connectivity index (χ0n) is 36.6. The van der Waals surface area contributed by atoms with Crippen LogP contribution in [-0.4, -0.2) is 12.6 Å². The van der Waals surface area contributed by atoms with Gasteiger partial charge >= 0.3 is 5.97 Å². The van der Waals surface area contributed by atoms with E-state index in [1.54, 1.807) is 0 Å². The summed E-state index contributed by atoms with van der Waals surface area (Å²) < 4.78 is 5.49. The second kappa shape index (κ2) is 48.5. The summed E-state index contributed by atoms with van der Waals surface area (Å²) in [5, 5.41) is 0. The van der Waals surface area contributed by atoms with Gasteiger partial charge in [-0.2, -0.15) is 0 Å². The van der Waals surface area contributed by atoms with E-state index in [4.69, 9.17) is 4.74 Å². The van der Waals surface area contributed by atoms with Crippen LogP contribution in [0, 0.1) is 0 Å². The highest BCUT2D eigenvalue weighted by atomic mass is 16.5. The highest BCUT2D eigenvalue weighted by Gasteiger charge is 2.03. The van der Waals surface area contributed by atoms with Gasteiger partial charge in [-0.05, 0) is 12.8 Å². The lowest BCUT2D eigenvalue weighted by atomic mass is 10.0. The van der Waals surface area contributed by atoms with Gasteiger partial charge in [-0.3, -0.25) is 4.79 Å². The van der Waals surface area contributed by atoms with Gasteiger partial charge in [0.25, 0.3) is 0 Å². The van der Waals surface area contributed by atoms with E-state index >= 15 is 0 Å². The first-order valence-corrected chi connectivity index (χ1v) is 25.0. The number of ether oxygens (including phenoxy) is 1. The fourth-order valence-electron chi connectivity index (χ4n) is 8.02. The lowest BCUT2D eigenvalue weighted by molar-refractivity contribution is -0.143. The fourth-order valence-corrected chi connectivity index (χ4v) is 8.02. The van der Waals surface area contributed by atoms with Crippen molar-refractivity contribution in [3.8, 4) is 0 Å². The second-order valence-electron chi connectivity index (χ2n) is 17.2. The molecule has 0 aliphatic rings. The number of carbonyl (C=O) groups is 1. The third kappa shape index (κ3) is 47.5. The van der Waals surface area contributed by atoms with E-state index < -0.39 is 0 Å². The van der Waals surface area contributed by atoms with Crippen LogP contribution in [0.4, 0.5) is 0 Å². The minimum atomic E-state index is 0.0336. The number of esters is 1.